The van der Waals surface area contributed by atoms with Crippen molar-refractivity contribution in [2.24, 2.45) is 0 Å². The zero-order valence-electron chi connectivity index (χ0n) is 15.3. The summed E-state index contributed by atoms with van der Waals surface area (Å²) in [6.45, 7) is 1.73. The predicted octanol–water partition coefficient (Wildman–Crippen LogP) is 3.62. The molecule has 142 valence electrons. The van der Waals surface area contributed by atoms with E-state index in [0.29, 0.717) is 0 Å². The summed E-state index contributed by atoms with van der Waals surface area (Å²) in [5.74, 6) is -0.371. The van der Waals surface area contributed by atoms with Gasteiger partial charge in [-0.05, 0) is 36.2 Å². The van der Waals surface area contributed by atoms with Crippen LogP contribution in [0.15, 0.2) is 72.9 Å². The van der Waals surface area contributed by atoms with Crippen LogP contribution in [0, 0.1) is 17.0 Å². The maximum Gasteiger partial charge on any atom is 0.293 e. The van der Waals surface area contributed by atoms with E-state index in [-0.39, 0.29) is 29.9 Å². The fraction of sp³-hybridized carbons (Fsp3) is 0.143. The molecule has 2 aromatic carbocycles. The standard InChI is InChI=1S/C21H20N4O3/c1-15-10-11-17(19(13-15)25(27)28)24-20(26)14-23-21(16-7-3-2-4-8-16)18-9-5-6-12-22-18/h2-13,21,23H,14H2,1H3,(H,24,26). The van der Waals surface area contributed by atoms with Gasteiger partial charge in [-0.1, -0.05) is 42.5 Å². The highest BCUT2D eigenvalue weighted by molar-refractivity contribution is 5.94. The summed E-state index contributed by atoms with van der Waals surface area (Å²) in [6, 6.07) is 19.7. The number of nitro groups is 1. The molecule has 3 rings (SSSR count). The molecule has 0 aliphatic heterocycles. The number of carbonyl (C=O) groups is 1. The first-order valence-corrected chi connectivity index (χ1v) is 8.79. The summed E-state index contributed by atoms with van der Waals surface area (Å²) in [5.41, 5.74) is 2.55. The van der Waals surface area contributed by atoms with E-state index >= 15 is 0 Å². The Hall–Kier alpha value is -3.58. The summed E-state index contributed by atoms with van der Waals surface area (Å²) in [7, 11) is 0. The molecule has 1 amide bonds. The zero-order chi connectivity index (χ0) is 19.9. The Labute approximate surface area is 162 Å². The van der Waals surface area contributed by atoms with Gasteiger partial charge in [0.05, 0.1) is 23.2 Å². The van der Waals surface area contributed by atoms with Gasteiger partial charge in [0.25, 0.3) is 5.69 Å². The van der Waals surface area contributed by atoms with E-state index < -0.39 is 4.92 Å². The largest absolute Gasteiger partial charge is 0.319 e. The molecule has 0 saturated heterocycles. The van der Waals surface area contributed by atoms with Gasteiger partial charge in [-0.3, -0.25) is 25.2 Å². The molecule has 28 heavy (non-hydrogen) atoms. The maximum atomic E-state index is 12.4. The van der Waals surface area contributed by atoms with Crippen LogP contribution < -0.4 is 10.6 Å². The molecule has 0 saturated carbocycles. The average Bonchev–Trinajstić information content (AvgIpc) is 2.71. The van der Waals surface area contributed by atoms with Crippen molar-refractivity contribution >= 4 is 17.3 Å². The third kappa shape index (κ3) is 4.77. The van der Waals surface area contributed by atoms with E-state index in [0.717, 1.165) is 16.8 Å². The van der Waals surface area contributed by atoms with Crippen LogP contribution in [0.1, 0.15) is 22.9 Å². The molecule has 0 spiro atoms. The lowest BCUT2D eigenvalue weighted by molar-refractivity contribution is -0.384. The van der Waals surface area contributed by atoms with E-state index in [4.69, 9.17) is 0 Å². The number of nitro benzene ring substituents is 1. The summed E-state index contributed by atoms with van der Waals surface area (Å²) >= 11 is 0. The highest BCUT2D eigenvalue weighted by atomic mass is 16.6. The third-order valence-corrected chi connectivity index (χ3v) is 4.21. The van der Waals surface area contributed by atoms with E-state index in [1.165, 1.54) is 6.07 Å². The fourth-order valence-electron chi connectivity index (χ4n) is 2.87. The summed E-state index contributed by atoms with van der Waals surface area (Å²) in [4.78, 5) is 27.5. The predicted molar refractivity (Wildman–Crippen MR) is 107 cm³/mol. The molecule has 1 aromatic heterocycles. The van der Waals surface area contributed by atoms with Gasteiger partial charge in [-0.15, -0.1) is 0 Å². The SMILES string of the molecule is Cc1ccc(NC(=O)CNC(c2ccccc2)c2ccccn2)c([N+](=O)[O-])c1. The second-order valence-electron chi connectivity index (χ2n) is 6.31. The van der Waals surface area contributed by atoms with E-state index in [1.54, 1.807) is 25.3 Å². The molecule has 0 radical (unpaired) electrons. The summed E-state index contributed by atoms with van der Waals surface area (Å²) in [5, 5.41) is 17.0. The van der Waals surface area contributed by atoms with Gasteiger partial charge < -0.3 is 5.32 Å². The molecular weight excluding hydrogens is 356 g/mol. The van der Waals surface area contributed by atoms with Crippen molar-refractivity contribution < 1.29 is 9.72 Å². The number of aryl methyl sites for hydroxylation is 1. The highest BCUT2D eigenvalue weighted by Crippen LogP contribution is 2.25. The van der Waals surface area contributed by atoms with E-state index in [1.807, 2.05) is 48.5 Å². The monoisotopic (exact) mass is 376 g/mol. The topological polar surface area (TPSA) is 97.2 Å². The van der Waals surface area contributed by atoms with Gasteiger partial charge in [-0.2, -0.15) is 0 Å². The molecule has 0 bridgehead atoms. The number of hydrogen-bond acceptors (Lipinski definition) is 5. The molecule has 2 N–H and O–H groups in total. The maximum absolute atomic E-state index is 12.4. The Morgan fingerprint density at radius 1 is 1.11 bits per heavy atom. The minimum Gasteiger partial charge on any atom is -0.319 e. The second-order valence-corrected chi connectivity index (χ2v) is 6.31. The number of amides is 1. The summed E-state index contributed by atoms with van der Waals surface area (Å²) in [6.07, 6.45) is 1.70. The Bertz CT molecular complexity index is 922. The van der Waals surface area contributed by atoms with Crippen molar-refractivity contribution in [2.75, 3.05) is 11.9 Å². The Morgan fingerprint density at radius 2 is 1.86 bits per heavy atom. The Balaban J connectivity index is 1.74. The Morgan fingerprint density at radius 3 is 2.54 bits per heavy atom. The van der Waals surface area contributed by atoms with Crippen LogP contribution in [-0.4, -0.2) is 22.4 Å². The zero-order valence-corrected chi connectivity index (χ0v) is 15.3. The van der Waals surface area contributed by atoms with Crippen LogP contribution >= 0.6 is 0 Å². The molecule has 0 aliphatic rings. The fourth-order valence-corrected chi connectivity index (χ4v) is 2.87. The molecule has 1 heterocycles. The van der Waals surface area contributed by atoms with Crippen LogP contribution in [0.2, 0.25) is 0 Å². The first-order valence-electron chi connectivity index (χ1n) is 8.79. The van der Waals surface area contributed by atoms with Crippen molar-refractivity contribution in [3.63, 3.8) is 0 Å². The number of nitrogens with zero attached hydrogens (tertiary/aromatic N) is 2. The third-order valence-electron chi connectivity index (χ3n) is 4.21. The lowest BCUT2D eigenvalue weighted by Crippen LogP contribution is -2.32. The van der Waals surface area contributed by atoms with Crippen molar-refractivity contribution in [1.29, 1.82) is 0 Å². The van der Waals surface area contributed by atoms with Crippen LogP contribution in [-0.2, 0) is 4.79 Å². The number of pyridine rings is 1. The van der Waals surface area contributed by atoms with E-state index in [9.17, 15) is 14.9 Å². The molecular formula is C21H20N4O3. The van der Waals surface area contributed by atoms with Crippen LogP contribution in [0.4, 0.5) is 11.4 Å². The van der Waals surface area contributed by atoms with Gasteiger partial charge in [0.2, 0.25) is 5.91 Å². The molecule has 0 fully saturated rings. The minimum absolute atomic E-state index is 0.0266. The number of carbonyl (C=O) groups excluding carboxylic acids is 1. The quantitative estimate of drug-likeness (QED) is 0.485. The lowest BCUT2D eigenvalue weighted by Gasteiger charge is -2.18. The van der Waals surface area contributed by atoms with Gasteiger partial charge in [0.1, 0.15) is 5.69 Å². The molecule has 7 heteroatoms. The van der Waals surface area contributed by atoms with Crippen LogP contribution in [0.25, 0.3) is 0 Å². The van der Waals surface area contributed by atoms with Gasteiger partial charge in [0, 0.05) is 12.3 Å². The average molecular weight is 376 g/mol. The molecule has 7 nitrogen and oxygen atoms in total. The van der Waals surface area contributed by atoms with Crippen LogP contribution in [0.5, 0.6) is 0 Å². The van der Waals surface area contributed by atoms with Crippen molar-refractivity contribution in [1.82, 2.24) is 10.3 Å². The number of rotatable bonds is 7. The smallest absolute Gasteiger partial charge is 0.293 e. The number of aromatic nitrogens is 1. The van der Waals surface area contributed by atoms with Gasteiger partial charge in [0.15, 0.2) is 0 Å². The van der Waals surface area contributed by atoms with Crippen molar-refractivity contribution in [2.45, 2.75) is 13.0 Å². The highest BCUT2D eigenvalue weighted by Gasteiger charge is 2.19. The lowest BCUT2D eigenvalue weighted by atomic mass is 10.0. The molecule has 0 aliphatic carbocycles. The molecule has 1 unspecified atom stereocenters. The number of anilines is 1. The molecule has 3 aromatic rings. The van der Waals surface area contributed by atoms with Gasteiger partial charge >= 0.3 is 0 Å². The second kappa shape index (κ2) is 8.88. The Kier molecular flexibility index (Phi) is 6.08. The number of nitrogens with one attached hydrogen (secondary N) is 2. The first kappa shape index (κ1) is 19.2. The molecule has 1 atom stereocenters. The summed E-state index contributed by atoms with van der Waals surface area (Å²) < 4.78 is 0. The van der Waals surface area contributed by atoms with Gasteiger partial charge in [-0.25, -0.2) is 0 Å². The van der Waals surface area contributed by atoms with Crippen molar-refractivity contribution in [3.8, 4) is 0 Å². The number of benzene rings is 2. The van der Waals surface area contributed by atoms with Crippen LogP contribution in [0.3, 0.4) is 0 Å². The number of hydrogen-bond donors (Lipinski definition) is 2. The minimum atomic E-state index is -0.503. The van der Waals surface area contributed by atoms with E-state index in [2.05, 4.69) is 15.6 Å². The van der Waals surface area contributed by atoms with Crippen molar-refractivity contribution in [3.05, 3.63) is 99.9 Å². The first-order chi connectivity index (χ1) is 13.5. The normalized spacial score (nSPS) is 11.6.